The van der Waals surface area contributed by atoms with E-state index in [-0.39, 0.29) is 5.56 Å². The van der Waals surface area contributed by atoms with Gasteiger partial charge in [0.15, 0.2) is 12.4 Å². The van der Waals surface area contributed by atoms with E-state index in [2.05, 4.69) is 20.7 Å². The van der Waals surface area contributed by atoms with Crippen molar-refractivity contribution in [3.63, 3.8) is 0 Å². The Bertz CT molecular complexity index is 798. The Hall–Kier alpha value is -3.23. The van der Waals surface area contributed by atoms with Crippen LogP contribution in [0.5, 0.6) is 0 Å². The van der Waals surface area contributed by atoms with E-state index in [1.807, 2.05) is 26.8 Å². The molecule has 0 aliphatic rings. The minimum atomic E-state index is -0.709. The Morgan fingerprint density at radius 1 is 1.23 bits per heavy atom. The van der Waals surface area contributed by atoms with Gasteiger partial charge in [-0.05, 0) is 38.5 Å². The fraction of sp³-hybridized carbons (Fsp3) is 0.353. The summed E-state index contributed by atoms with van der Waals surface area (Å²) in [6, 6.07) is 4.46. The molecule has 0 bridgehead atoms. The molecule has 0 radical (unpaired) electrons. The van der Waals surface area contributed by atoms with Gasteiger partial charge in [0, 0.05) is 18.4 Å². The lowest BCUT2D eigenvalue weighted by Crippen LogP contribution is -2.41. The van der Waals surface area contributed by atoms with Crippen molar-refractivity contribution in [3.05, 3.63) is 41.3 Å². The number of aryl methyl sites for hydroxylation is 2. The highest BCUT2D eigenvalue weighted by Gasteiger charge is 2.13. The predicted octanol–water partition coefficient (Wildman–Crippen LogP) is 1.28. The van der Waals surface area contributed by atoms with Crippen molar-refractivity contribution in [2.45, 2.75) is 27.2 Å². The zero-order chi connectivity index (χ0) is 19.1. The van der Waals surface area contributed by atoms with Gasteiger partial charge in [0.2, 0.25) is 0 Å². The van der Waals surface area contributed by atoms with Gasteiger partial charge in [-0.15, -0.1) is 0 Å². The lowest BCUT2D eigenvalue weighted by atomic mass is 10.3. The summed E-state index contributed by atoms with van der Waals surface area (Å²) >= 11 is 0. The summed E-state index contributed by atoms with van der Waals surface area (Å²) in [5.41, 5.74) is 1.98. The monoisotopic (exact) mass is 359 g/mol. The standard InChI is InChI=1S/C17H21N5O4/c1-4-7-18-17(25)20-15(23)10-26-16(24)13-5-6-14(19-9-13)22-12(3)8-11(2)21-22/h5-6,8-9H,4,7,10H2,1-3H3,(H2,18,20,23,25). The van der Waals surface area contributed by atoms with E-state index in [1.54, 1.807) is 10.7 Å². The van der Waals surface area contributed by atoms with Crippen molar-refractivity contribution in [3.8, 4) is 5.82 Å². The van der Waals surface area contributed by atoms with E-state index in [1.165, 1.54) is 12.3 Å². The highest BCUT2D eigenvalue weighted by atomic mass is 16.5. The number of hydrogen-bond acceptors (Lipinski definition) is 6. The number of carbonyl (C=O) groups excluding carboxylic acids is 3. The summed E-state index contributed by atoms with van der Waals surface area (Å²) in [6.45, 7) is 5.56. The fourth-order valence-electron chi connectivity index (χ4n) is 2.15. The molecular weight excluding hydrogens is 338 g/mol. The second kappa shape index (κ2) is 8.75. The zero-order valence-corrected chi connectivity index (χ0v) is 14.9. The number of nitrogens with one attached hydrogen (secondary N) is 2. The molecule has 0 aliphatic carbocycles. The molecule has 0 saturated carbocycles. The van der Waals surface area contributed by atoms with E-state index < -0.39 is 24.5 Å². The van der Waals surface area contributed by atoms with Crippen molar-refractivity contribution < 1.29 is 19.1 Å². The van der Waals surface area contributed by atoms with Crippen molar-refractivity contribution in [1.82, 2.24) is 25.4 Å². The molecule has 0 aliphatic heterocycles. The van der Waals surface area contributed by atoms with Crippen LogP contribution in [0.4, 0.5) is 4.79 Å². The predicted molar refractivity (Wildman–Crippen MR) is 92.9 cm³/mol. The Morgan fingerprint density at radius 3 is 2.58 bits per heavy atom. The summed E-state index contributed by atoms with van der Waals surface area (Å²) in [5, 5.41) is 8.86. The third-order valence-electron chi connectivity index (χ3n) is 3.33. The van der Waals surface area contributed by atoms with E-state index in [0.29, 0.717) is 12.4 Å². The zero-order valence-electron chi connectivity index (χ0n) is 14.9. The highest BCUT2D eigenvalue weighted by Crippen LogP contribution is 2.10. The number of urea groups is 1. The number of pyridine rings is 1. The SMILES string of the molecule is CCCNC(=O)NC(=O)COC(=O)c1ccc(-n2nc(C)cc2C)nc1. The van der Waals surface area contributed by atoms with Crippen LogP contribution in [0, 0.1) is 13.8 Å². The summed E-state index contributed by atoms with van der Waals surface area (Å²) in [5.74, 6) is -0.849. The number of amides is 3. The lowest BCUT2D eigenvalue weighted by Gasteiger charge is -2.07. The third-order valence-corrected chi connectivity index (χ3v) is 3.33. The third kappa shape index (κ3) is 5.13. The molecule has 2 rings (SSSR count). The average Bonchev–Trinajstić information content (AvgIpc) is 2.96. The summed E-state index contributed by atoms with van der Waals surface area (Å²) in [6.07, 6.45) is 2.09. The van der Waals surface area contributed by atoms with Crippen molar-refractivity contribution >= 4 is 17.9 Å². The van der Waals surface area contributed by atoms with Gasteiger partial charge in [-0.1, -0.05) is 6.92 Å². The average molecular weight is 359 g/mol. The fourth-order valence-corrected chi connectivity index (χ4v) is 2.15. The van der Waals surface area contributed by atoms with E-state index in [9.17, 15) is 14.4 Å². The van der Waals surface area contributed by atoms with Gasteiger partial charge in [-0.2, -0.15) is 5.10 Å². The maximum atomic E-state index is 12.0. The van der Waals surface area contributed by atoms with Crippen LogP contribution in [0.15, 0.2) is 24.4 Å². The first-order valence-electron chi connectivity index (χ1n) is 8.15. The molecule has 0 fully saturated rings. The molecule has 138 valence electrons. The first-order chi connectivity index (χ1) is 12.4. The van der Waals surface area contributed by atoms with Crippen LogP contribution in [0.3, 0.4) is 0 Å². The van der Waals surface area contributed by atoms with E-state index in [0.717, 1.165) is 17.8 Å². The number of carbonyl (C=O) groups is 3. The number of imide groups is 1. The lowest BCUT2D eigenvalue weighted by molar-refractivity contribution is -0.123. The molecule has 2 aromatic rings. The van der Waals surface area contributed by atoms with Crippen LogP contribution in [0.25, 0.3) is 5.82 Å². The quantitative estimate of drug-likeness (QED) is 0.751. The van der Waals surface area contributed by atoms with Gasteiger partial charge in [-0.25, -0.2) is 19.3 Å². The smallest absolute Gasteiger partial charge is 0.340 e. The largest absolute Gasteiger partial charge is 0.452 e. The number of aromatic nitrogens is 3. The summed E-state index contributed by atoms with van der Waals surface area (Å²) < 4.78 is 6.53. The minimum absolute atomic E-state index is 0.193. The van der Waals surface area contributed by atoms with E-state index >= 15 is 0 Å². The van der Waals surface area contributed by atoms with E-state index in [4.69, 9.17) is 4.74 Å². The van der Waals surface area contributed by atoms with Gasteiger partial charge in [0.1, 0.15) is 0 Å². The van der Waals surface area contributed by atoms with Crippen LogP contribution in [-0.2, 0) is 9.53 Å². The van der Waals surface area contributed by atoms with Crippen LogP contribution in [0.1, 0.15) is 35.1 Å². The Labute approximate surface area is 150 Å². The molecule has 0 unspecified atom stereocenters. The molecule has 2 aromatic heterocycles. The molecule has 0 saturated heterocycles. The van der Waals surface area contributed by atoms with Crippen molar-refractivity contribution in [2.75, 3.05) is 13.2 Å². The van der Waals surface area contributed by atoms with Crippen molar-refractivity contribution in [2.24, 2.45) is 0 Å². The number of ether oxygens (including phenoxy) is 1. The van der Waals surface area contributed by atoms with Crippen LogP contribution in [-0.4, -0.2) is 45.8 Å². The highest BCUT2D eigenvalue weighted by molar-refractivity contribution is 5.96. The molecule has 0 atom stereocenters. The Balaban J connectivity index is 1.89. The number of esters is 1. The molecular formula is C17H21N5O4. The number of rotatable bonds is 6. The van der Waals surface area contributed by atoms with Crippen LogP contribution >= 0.6 is 0 Å². The van der Waals surface area contributed by atoms with Crippen molar-refractivity contribution in [1.29, 1.82) is 0 Å². The molecule has 0 aromatic carbocycles. The first kappa shape index (κ1) is 19.1. The molecule has 2 N–H and O–H groups in total. The van der Waals surface area contributed by atoms with Gasteiger partial charge >= 0.3 is 12.0 Å². The van der Waals surface area contributed by atoms with Gasteiger partial charge in [0.05, 0.1) is 11.3 Å². The maximum absolute atomic E-state index is 12.0. The molecule has 9 nitrogen and oxygen atoms in total. The Kier molecular flexibility index (Phi) is 6.42. The molecule has 0 spiro atoms. The topological polar surface area (TPSA) is 115 Å². The second-order valence-electron chi connectivity index (χ2n) is 5.62. The Morgan fingerprint density at radius 2 is 2.00 bits per heavy atom. The van der Waals surface area contributed by atoms with Gasteiger partial charge < -0.3 is 10.1 Å². The van der Waals surface area contributed by atoms with Gasteiger partial charge in [0.25, 0.3) is 5.91 Å². The second-order valence-corrected chi connectivity index (χ2v) is 5.62. The van der Waals surface area contributed by atoms with Crippen LogP contribution in [0.2, 0.25) is 0 Å². The molecule has 26 heavy (non-hydrogen) atoms. The minimum Gasteiger partial charge on any atom is -0.452 e. The molecule has 3 amide bonds. The van der Waals surface area contributed by atoms with Gasteiger partial charge in [-0.3, -0.25) is 10.1 Å². The summed E-state index contributed by atoms with van der Waals surface area (Å²) in [7, 11) is 0. The molecule has 9 heteroatoms. The normalized spacial score (nSPS) is 10.3. The van der Waals surface area contributed by atoms with Crippen LogP contribution < -0.4 is 10.6 Å². The number of nitrogens with zero attached hydrogens (tertiary/aromatic N) is 3. The maximum Gasteiger partial charge on any atom is 0.340 e. The summed E-state index contributed by atoms with van der Waals surface area (Å²) in [4.78, 5) is 39.0. The number of hydrogen-bond donors (Lipinski definition) is 2. The first-order valence-corrected chi connectivity index (χ1v) is 8.15. The molecule has 2 heterocycles.